The number of nitrogens with zero attached hydrogens (tertiary/aromatic N) is 1. The van der Waals surface area contributed by atoms with Crippen LogP contribution in [0.5, 0.6) is 0 Å². The number of halogens is 2. The molecular formula is C13H18Cl2N2. The Morgan fingerprint density at radius 3 is 2.88 bits per heavy atom. The highest BCUT2D eigenvalue weighted by molar-refractivity contribution is 6.42. The molecule has 0 bridgehead atoms. The molecule has 0 radical (unpaired) electrons. The van der Waals surface area contributed by atoms with Crippen molar-refractivity contribution in [1.29, 1.82) is 0 Å². The molecule has 0 aliphatic carbocycles. The van der Waals surface area contributed by atoms with Gasteiger partial charge in [0.15, 0.2) is 0 Å². The maximum absolute atomic E-state index is 6.06. The Kier molecular flexibility index (Phi) is 4.55. The molecule has 1 aromatic carbocycles. The highest BCUT2D eigenvalue weighted by atomic mass is 35.5. The molecule has 94 valence electrons. The zero-order chi connectivity index (χ0) is 12.3. The molecule has 1 saturated heterocycles. The first-order valence-corrected chi connectivity index (χ1v) is 6.89. The quantitative estimate of drug-likeness (QED) is 0.905. The van der Waals surface area contributed by atoms with E-state index in [1.807, 2.05) is 18.2 Å². The Morgan fingerprint density at radius 2 is 2.18 bits per heavy atom. The fraction of sp³-hybridized carbons (Fsp3) is 0.538. The summed E-state index contributed by atoms with van der Waals surface area (Å²) in [5, 5.41) is 4.80. The van der Waals surface area contributed by atoms with E-state index >= 15 is 0 Å². The van der Waals surface area contributed by atoms with Gasteiger partial charge in [-0.05, 0) is 24.6 Å². The van der Waals surface area contributed by atoms with E-state index in [2.05, 4.69) is 17.1 Å². The second-order valence-corrected chi connectivity index (χ2v) is 5.30. The summed E-state index contributed by atoms with van der Waals surface area (Å²) in [6, 6.07) is 6.46. The van der Waals surface area contributed by atoms with Crippen LogP contribution in [0.15, 0.2) is 18.2 Å². The van der Waals surface area contributed by atoms with E-state index in [0.717, 1.165) is 19.6 Å². The summed E-state index contributed by atoms with van der Waals surface area (Å²) in [5.41, 5.74) is 1.17. The largest absolute Gasteiger partial charge is 0.369 e. The van der Waals surface area contributed by atoms with Crippen molar-refractivity contribution in [1.82, 2.24) is 5.32 Å². The van der Waals surface area contributed by atoms with Crippen LogP contribution in [-0.2, 0) is 0 Å². The highest BCUT2D eigenvalue weighted by Crippen LogP contribution is 2.27. The molecule has 1 unspecified atom stereocenters. The van der Waals surface area contributed by atoms with Crippen molar-refractivity contribution in [3.63, 3.8) is 0 Å². The average Bonchev–Trinajstić information content (AvgIpc) is 2.33. The monoisotopic (exact) mass is 272 g/mol. The van der Waals surface area contributed by atoms with Gasteiger partial charge in [0.1, 0.15) is 0 Å². The lowest BCUT2D eigenvalue weighted by molar-refractivity contribution is 0.431. The zero-order valence-electron chi connectivity index (χ0n) is 10.0. The van der Waals surface area contributed by atoms with Crippen LogP contribution >= 0.6 is 23.2 Å². The molecule has 1 aliphatic rings. The molecule has 1 aromatic rings. The minimum atomic E-state index is 0.586. The van der Waals surface area contributed by atoms with Crippen LogP contribution in [0.1, 0.15) is 19.8 Å². The molecule has 2 nitrogen and oxygen atoms in total. The molecule has 4 heteroatoms. The lowest BCUT2D eigenvalue weighted by atomic mass is 10.1. The topological polar surface area (TPSA) is 15.3 Å². The van der Waals surface area contributed by atoms with E-state index in [1.54, 1.807) is 0 Å². The smallest absolute Gasteiger partial charge is 0.0612 e. The molecule has 1 heterocycles. The molecule has 2 rings (SSSR count). The third-order valence-electron chi connectivity index (χ3n) is 3.16. The predicted molar refractivity (Wildman–Crippen MR) is 75.4 cm³/mol. The van der Waals surface area contributed by atoms with Crippen LogP contribution in [0.2, 0.25) is 10.0 Å². The second-order valence-electron chi connectivity index (χ2n) is 4.48. The third-order valence-corrected chi connectivity index (χ3v) is 3.90. The highest BCUT2D eigenvalue weighted by Gasteiger charge is 2.19. The minimum Gasteiger partial charge on any atom is -0.369 e. The first-order chi connectivity index (χ1) is 8.20. The Balaban J connectivity index is 2.08. The molecule has 0 spiro atoms. The SMILES string of the molecule is CCCC1CN(c2ccc(Cl)c(Cl)c2)CCN1. The van der Waals surface area contributed by atoms with Gasteiger partial charge in [0, 0.05) is 31.4 Å². The van der Waals surface area contributed by atoms with Gasteiger partial charge in [0.25, 0.3) is 0 Å². The van der Waals surface area contributed by atoms with Crippen molar-refractivity contribution >= 4 is 28.9 Å². The van der Waals surface area contributed by atoms with Crippen molar-refractivity contribution in [2.24, 2.45) is 0 Å². The van der Waals surface area contributed by atoms with E-state index in [4.69, 9.17) is 23.2 Å². The van der Waals surface area contributed by atoms with E-state index in [-0.39, 0.29) is 0 Å². The van der Waals surface area contributed by atoms with E-state index in [0.29, 0.717) is 16.1 Å². The fourth-order valence-electron chi connectivity index (χ4n) is 2.28. The third kappa shape index (κ3) is 3.27. The van der Waals surface area contributed by atoms with E-state index in [1.165, 1.54) is 18.5 Å². The molecule has 1 atom stereocenters. The summed E-state index contributed by atoms with van der Waals surface area (Å²) in [6.07, 6.45) is 2.44. The van der Waals surface area contributed by atoms with Crippen LogP contribution in [-0.4, -0.2) is 25.7 Å². The number of anilines is 1. The van der Waals surface area contributed by atoms with Gasteiger partial charge in [0.2, 0.25) is 0 Å². The lowest BCUT2D eigenvalue weighted by Crippen LogP contribution is -2.50. The first kappa shape index (κ1) is 13.0. The van der Waals surface area contributed by atoms with Crippen LogP contribution in [0.3, 0.4) is 0 Å². The summed E-state index contributed by atoms with van der Waals surface area (Å²) in [6.45, 7) is 5.33. The van der Waals surface area contributed by atoms with Gasteiger partial charge in [-0.25, -0.2) is 0 Å². The number of nitrogens with one attached hydrogen (secondary N) is 1. The zero-order valence-corrected chi connectivity index (χ0v) is 11.6. The van der Waals surface area contributed by atoms with Crippen LogP contribution < -0.4 is 10.2 Å². The van der Waals surface area contributed by atoms with Crippen LogP contribution in [0, 0.1) is 0 Å². The van der Waals surface area contributed by atoms with Gasteiger partial charge in [-0.3, -0.25) is 0 Å². The Bertz CT molecular complexity index is 380. The lowest BCUT2D eigenvalue weighted by Gasteiger charge is -2.35. The van der Waals surface area contributed by atoms with Gasteiger partial charge >= 0.3 is 0 Å². The van der Waals surface area contributed by atoms with Crippen molar-refractivity contribution in [3.8, 4) is 0 Å². The Labute approximate surface area is 113 Å². The Hall–Kier alpha value is -0.440. The molecule has 1 N–H and O–H groups in total. The fourth-order valence-corrected chi connectivity index (χ4v) is 2.58. The summed E-state index contributed by atoms with van der Waals surface area (Å²) in [4.78, 5) is 2.37. The van der Waals surface area contributed by atoms with Crippen LogP contribution in [0.25, 0.3) is 0 Å². The molecule has 1 aliphatic heterocycles. The summed E-state index contributed by atoms with van der Waals surface area (Å²) in [5.74, 6) is 0. The molecule has 0 aromatic heterocycles. The maximum atomic E-state index is 6.06. The normalized spacial score (nSPS) is 20.6. The van der Waals surface area contributed by atoms with Gasteiger partial charge in [-0.1, -0.05) is 36.5 Å². The predicted octanol–water partition coefficient (Wildman–Crippen LogP) is 3.57. The maximum Gasteiger partial charge on any atom is 0.0612 e. The Morgan fingerprint density at radius 1 is 1.35 bits per heavy atom. The number of hydrogen-bond donors (Lipinski definition) is 1. The standard InChI is InChI=1S/C13H18Cl2N2/c1-2-3-10-9-17(7-6-16-10)11-4-5-12(14)13(15)8-11/h4-5,8,10,16H,2-3,6-7,9H2,1H3. The van der Waals surface area contributed by atoms with Crippen molar-refractivity contribution < 1.29 is 0 Å². The average molecular weight is 273 g/mol. The van der Waals surface area contributed by atoms with E-state index in [9.17, 15) is 0 Å². The number of piperazine rings is 1. The number of rotatable bonds is 3. The number of hydrogen-bond acceptors (Lipinski definition) is 2. The summed E-state index contributed by atoms with van der Waals surface area (Å²) >= 11 is 12.0. The van der Waals surface area contributed by atoms with Gasteiger partial charge in [-0.2, -0.15) is 0 Å². The molecule has 1 fully saturated rings. The molecular weight excluding hydrogens is 255 g/mol. The van der Waals surface area contributed by atoms with Gasteiger partial charge in [-0.15, -0.1) is 0 Å². The summed E-state index contributed by atoms with van der Waals surface area (Å²) < 4.78 is 0. The summed E-state index contributed by atoms with van der Waals surface area (Å²) in [7, 11) is 0. The molecule has 0 amide bonds. The number of benzene rings is 1. The minimum absolute atomic E-state index is 0.586. The molecule has 17 heavy (non-hydrogen) atoms. The van der Waals surface area contributed by atoms with Crippen molar-refractivity contribution in [3.05, 3.63) is 28.2 Å². The van der Waals surface area contributed by atoms with Gasteiger partial charge in [0.05, 0.1) is 10.0 Å². The van der Waals surface area contributed by atoms with E-state index < -0.39 is 0 Å². The second kappa shape index (κ2) is 5.94. The van der Waals surface area contributed by atoms with Crippen LogP contribution in [0.4, 0.5) is 5.69 Å². The first-order valence-electron chi connectivity index (χ1n) is 6.14. The van der Waals surface area contributed by atoms with Crippen molar-refractivity contribution in [2.75, 3.05) is 24.5 Å². The van der Waals surface area contributed by atoms with Gasteiger partial charge < -0.3 is 10.2 Å². The van der Waals surface area contributed by atoms with Crippen molar-refractivity contribution in [2.45, 2.75) is 25.8 Å². The molecule has 0 saturated carbocycles.